The molecule has 6 nitrogen and oxygen atoms in total. The first-order valence-electron chi connectivity index (χ1n) is 10.2. The van der Waals surface area contributed by atoms with Gasteiger partial charge in [0, 0.05) is 16.6 Å². The molecule has 8 rings (SSSR count). The monoisotopic (exact) mass is 370 g/mol. The standard InChI is InChI=1S/C21H22O6/c1-9(2)19-14(26-19)15-21(27-15)17(3)5-4-10-11(7-23-16(10)22)12(17)6-13-20(21,25-13)18(19)8-24-18/h6,9,13-15H,4-5,7-8H2,1-3H3/t13-,14-,15-,17-,18+,19-,20+,21+/m0/s1. The number of rotatable bonds is 1. The van der Waals surface area contributed by atoms with Crippen LogP contribution in [0.5, 0.6) is 0 Å². The van der Waals surface area contributed by atoms with E-state index in [1.54, 1.807) is 0 Å². The molecule has 8 aliphatic rings. The van der Waals surface area contributed by atoms with Gasteiger partial charge in [0.25, 0.3) is 0 Å². The zero-order valence-corrected chi connectivity index (χ0v) is 15.7. The van der Waals surface area contributed by atoms with Crippen molar-refractivity contribution in [3.63, 3.8) is 0 Å². The van der Waals surface area contributed by atoms with Crippen LogP contribution >= 0.6 is 0 Å². The number of hydrogen-bond donors (Lipinski definition) is 0. The topological polar surface area (TPSA) is 76.4 Å². The number of cyclic esters (lactones) is 1. The van der Waals surface area contributed by atoms with Crippen LogP contribution in [0, 0.1) is 11.3 Å². The van der Waals surface area contributed by atoms with Crippen LogP contribution in [0.3, 0.4) is 0 Å². The Labute approximate surface area is 156 Å². The average molecular weight is 370 g/mol. The molecule has 8 atom stereocenters. The third-order valence-corrected chi connectivity index (χ3v) is 9.24. The molecule has 0 unspecified atom stereocenters. The molecule has 27 heavy (non-hydrogen) atoms. The minimum atomic E-state index is -0.443. The number of epoxide rings is 4. The molecule has 0 N–H and O–H groups in total. The quantitative estimate of drug-likeness (QED) is 0.513. The zero-order valence-electron chi connectivity index (χ0n) is 15.7. The second-order valence-electron chi connectivity index (χ2n) is 10.1. The van der Waals surface area contributed by atoms with Gasteiger partial charge in [0.2, 0.25) is 0 Å². The number of hydrogen-bond acceptors (Lipinski definition) is 6. The Bertz CT molecular complexity index is 944. The van der Waals surface area contributed by atoms with Crippen molar-refractivity contribution in [1.29, 1.82) is 0 Å². The molecule has 3 spiro atoms. The predicted octanol–water partition coefficient (Wildman–Crippen LogP) is 1.43. The average Bonchev–Trinajstić information content (AvgIpc) is 3.43. The van der Waals surface area contributed by atoms with Gasteiger partial charge in [-0.05, 0) is 30.4 Å². The van der Waals surface area contributed by atoms with Crippen molar-refractivity contribution in [3.8, 4) is 0 Å². The van der Waals surface area contributed by atoms with Crippen molar-refractivity contribution >= 4 is 5.97 Å². The molecule has 0 bridgehead atoms. The third-order valence-electron chi connectivity index (χ3n) is 9.24. The van der Waals surface area contributed by atoms with E-state index in [1.165, 1.54) is 5.57 Å². The predicted molar refractivity (Wildman–Crippen MR) is 89.7 cm³/mol. The lowest BCUT2D eigenvalue weighted by atomic mass is 9.48. The molecule has 5 aliphatic heterocycles. The number of esters is 1. The van der Waals surface area contributed by atoms with Crippen LogP contribution in [0.4, 0.5) is 0 Å². The number of carbonyl (C=O) groups is 1. The van der Waals surface area contributed by atoms with Crippen LogP contribution in [0.1, 0.15) is 33.6 Å². The van der Waals surface area contributed by atoms with Gasteiger partial charge in [-0.1, -0.05) is 20.8 Å². The highest BCUT2D eigenvalue weighted by Gasteiger charge is 3.06. The Morgan fingerprint density at radius 3 is 2.67 bits per heavy atom. The van der Waals surface area contributed by atoms with E-state index in [9.17, 15) is 4.79 Å². The van der Waals surface area contributed by atoms with Gasteiger partial charge in [-0.2, -0.15) is 0 Å². The fourth-order valence-electron chi connectivity index (χ4n) is 7.95. The normalized spacial score (nSPS) is 62.6. The molecular weight excluding hydrogens is 348 g/mol. The number of ether oxygens (including phenoxy) is 5. The Morgan fingerprint density at radius 2 is 1.93 bits per heavy atom. The molecule has 0 aromatic rings. The summed E-state index contributed by atoms with van der Waals surface area (Å²) in [7, 11) is 0. The summed E-state index contributed by atoms with van der Waals surface area (Å²) in [4.78, 5) is 12.1. The second-order valence-corrected chi connectivity index (χ2v) is 10.1. The van der Waals surface area contributed by atoms with Gasteiger partial charge in [-0.3, -0.25) is 0 Å². The lowest BCUT2D eigenvalue weighted by Crippen LogP contribution is -2.69. The Hall–Kier alpha value is -1.21. The van der Waals surface area contributed by atoms with Crippen molar-refractivity contribution in [2.75, 3.05) is 13.2 Å². The summed E-state index contributed by atoms with van der Waals surface area (Å²) < 4.78 is 31.2. The molecule has 5 heterocycles. The lowest BCUT2D eigenvalue weighted by molar-refractivity contribution is -0.136. The first-order chi connectivity index (χ1) is 12.9. The zero-order chi connectivity index (χ0) is 18.2. The number of fused-ring (bicyclic) bond motifs is 5. The highest BCUT2D eigenvalue weighted by atomic mass is 16.8. The Morgan fingerprint density at radius 1 is 1.11 bits per heavy atom. The molecule has 0 amide bonds. The molecule has 4 saturated heterocycles. The van der Waals surface area contributed by atoms with Gasteiger partial charge in [0.15, 0.2) is 11.2 Å². The van der Waals surface area contributed by atoms with Gasteiger partial charge in [0.05, 0.1) is 6.61 Å². The molecule has 0 radical (unpaired) electrons. The summed E-state index contributed by atoms with van der Waals surface area (Å²) >= 11 is 0. The minimum Gasteiger partial charge on any atom is -0.457 e. The van der Waals surface area contributed by atoms with Crippen LogP contribution in [0.2, 0.25) is 0 Å². The number of carbonyl (C=O) groups excluding carboxylic acids is 1. The SMILES string of the molecule is CC(C)[C@]12O[C@H]1[C@@H]1O[C@]13[C@]1(O[C@H]1C=C1C4=C(CC[C@@]13C)C(=O)OC4)[C@@]21CO1. The van der Waals surface area contributed by atoms with E-state index in [1.807, 2.05) is 0 Å². The van der Waals surface area contributed by atoms with Crippen molar-refractivity contribution in [2.45, 2.75) is 74.3 Å². The fourth-order valence-corrected chi connectivity index (χ4v) is 7.95. The van der Waals surface area contributed by atoms with Gasteiger partial charge in [-0.15, -0.1) is 0 Å². The largest absolute Gasteiger partial charge is 0.457 e. The molecule has 5 fully saturated rings. The van der Waals surface area contributed by atoms with Crippen LogP contribution in [-0.4, -0.2) is 59.9 Å². The summed E-state index contributed by atoms with van der Waals surface area (Å²) in [6, 6.07) is 0. The summed E-state index contributed by atoms with van der Waals surface area (Å²) in [5.41, 5.74) is 1.42. The van der Waals surface area contributed by atoms with Gasteiger partial charge >= 0.3 is 5.97 Å². The third kappa shape index (κ3) is 1.07. The lowest BCUT2D eigenvalue weighted by Gasteiger charge is -2.50. The van der Waals surface area contributed by atoms with E-state index >= 15 is 0 Å². The Kier molecular flexibility index (Phi) is 1.94. The summed E-state index contributed by atoms with van der Waals surface area (Å²) in [6.45, 7) is 7.81. The Balaban J connectivity index is 1.37. The maximum atomic E-state index is 12.1. The van der Waals surface area contributed by atoms with E-state index in [2.05, 4.69) is 26.8 Å². The smallest absolute Gasteiger partial charge is 0.334 e. The summed E-state index contributed by atoms with van der Waals surface area (Å²) in [6.07, 6.45) is 3.97. The molecule has 6 heteroatoms. The first-order valence-corrected chi connectivity index (χ1v) is 10.2. The molecule has 1 saturated carbocycles. The van der Waals surface area contributed by atoms with Crippen molar-refractivity contribution in [3.05, 3.63) is 22.8 Å². The maximum absolute atomic E-state index is 12.1. The highest BCUT2D eigenvalue weighted by molar-refractivity contribution is 5.94. The van der Waals surface area contributed by atoms with Gasteiger partial charge in [0.1, 0.15) is 36.1 Å². The van der Waals surface area contributed by atoms with E-state index in [4.69, 9.17) is 23.7 Å². The van der Waals surface area contributed by atoms with Crippen LogP contribution in [-0.2, 0) is 28.5 Å². The van der Waals surface area contributed by atoms with Crippen molar-refractivity contribution < 1.29 is 28.5 Å². The van der Waals surface area contributed by atoms with Gasteiger partial charge < -0.3 is 23.7 Å². The van der Waals surface area contributed by atoms with Crippen LogP contribution in [0.25, 0.3) is 0 Å². The van der Waals surface area contributed by atoms with E-state index in [0.29, 0.717) is 19.1 Å². The van der Waals surface area contributed by atoms with E-state index in [0.717, 1.165) is 24.0 Å². The second kappa shape index (κ2) is 3.56. The van der Waals surface area contributed by atoms with Crippen LogP contribution in [0.15, 0.2) is 22.8 Å². The van der Waals surface area contributed by atoms with Gasteiger partial charge in [-0.25, -0.2) is 4.79 Å². The van der Waals surface area contributed by atoms with Crippen molar-refractivity contribution in [1.82, 2.24) is 0 Å². The highest BCUT2D eigenvalue weighted by Crippen LogP contribution is 2.86. The van der Waals surface area contributed by atoms with Crippen molar-refractivity contribution in [2.24, 2.45) is 11.3 Å². The summed E-state index contributed by atoms with van der Waals surface area (Å²) in [5.74, 6) is 0.202. The fraction of sp³-hybridized carbons (Fsp3) is 0.762. The summed E-state index contributed by atoms with van der Waals surface area (Å²) in [5, 5.41) is 0. The molecule has 3 aliphatic carbocycles. The van der Waals surface area contributed by atoms with Crippen LogP contribution < -0.4 is 0 Å². The van der Waals surface area contributed by atoms with E-state index < -0.39 is 16.8 Å². The maximum Gasteiger partial charge on any atom is 0.334 e. The van der Waals surface area contributed by atoms with E-state index in [-0.39, 0.29) is 35.3 Å². The molecular formula is C21H22O6. The molecule has 142 valence electrons. The minimum absolute atomic E-state index is 0.0311. The molecule has 0 aromatic carbocycles. The first kappa shape index (κ1) is 14.7. The molecule has 0 aromatic heterocycles.